The van der Waals surface area contributed by atoms with Crippen LogP contribution in [0.4, 0.5) is 4.79 Å². The van der Waals surface area contributed by atoms with Crippen molar-refractivity contribution < 1.29 is 19.0 Å². The Hall–Kier alpha value is -1.55. The van der Waals surface area contributed by atoms with Gasteiger partial charge in [-0.1, -0.05) is 30.3 Å². The molecule has 0 bridgehead atoms. The van der Waals surface area contributed by atoms with Crippen LogP contribution < -0.4 is 0 Å². The molecule has 0 radical (unpaired) electrons. The van der Waals surface area contributed by atoms with Crippen molar-refractivity contribution >= 4 is 6.16 Å². The number of carbonyl (C=O) groups is 1. The van der Waals surface area contributed by atoms with Crippen LogP contribution in [0.2, 0.25) is 0 Å². The van der Waals surface area contributed by atoms with Gasteiger partial charge in [0.2, 0.25) is 0 Å². The summed E-state index contributed by atoms with van der Waals surface area (Å²) in [5.74, 6) is 0. The van der Waals surface area contributed by atoms with Gasteiger partial charge in [-0.05, 0) is 5.56 Å². The smallest absolute Gasteiger partial charge is 0.434 e. The van der Waals surface area contributed by atoms with Crippen molar-refractivity contribution in [2.45, 2.75) is 25.6 Å². The molecule has 0 N–H and O–H groups in total. The molecule has 1 aromatic carbocycles. The molecule has 1 fully saturated rings. The van der Waals surface area contributed by atoms with Gasteiger partial charge in [-0.3, -0.25) is 0 Å². The van der Waals surface area contributed by atoms with Crippen LogP contribution in [0.25, 0.3) is 0 Å². The molecule has 92 valence electrons. The van der Waals surface area contributed by atoms with E-state index in [1.807, 2.05) is 30.3 Å². The summed E-state index contributed by atoms with van der Waals surface area (Å²) in [6.07, 6.45) is 0.846. The predicted octanol–water partition coefficient (Wildman–Crippen LogP) is 2.52. The Morgan fingerprint density at radius 3 is 2.88 bits per heavy atom. The highest BCUT2D eigenvalue weighted by molar-refractivity contribution is 5.60. The van der Waals surface area contributed by atoms with Crippen molar-refractivity contribution in [2.75, 3.05) is 13.2 Å². The van der Waals surface area contributed by atoms with E-state index >= 15 is 0 Å². The highest BCUT2D eigenvalue weighted by Crippen LogP contribution is 2.12. The lowest BCUT2D eigenvalue weighted by atomic mass is 10.2. The Kier molecular flexibility index (Phi) is 4.38. The third-order valence-electron chi connectivity index (χ3n) is 2.62. The molecule has 1 aliphatic rings. The Morgan fingerprint density at radius 2 is 2.12 bits per heavy atom. The number of ether oxygens (including phenoxy) is 3. The van der Waals surface area contributed by atoms with Gasteiger partial charge in [0, 0.05) is 12.8 Å². The minimum absolute atomic E-state index is 0.0629. The first-order valence-electron chi connectivity index (χ1n) is 5.79. The lowest BCUT2D eigenvalue weighted by molar-refractivity contribution is -0.0350. The number of hydrogen-bond acceptors (Lipinski definition) is 4. The van der Waals surface area contributed by atoms with Crippen molar-refractivity contribution in [3.05, 3.63) is 35.9 Å². The summed E-state index contributed by atoms with van der Waals surface area (Å²) in [6, 6.07) is 9.99. The van der Waals surface area contributed by atoms with Crippen molar-refractivity contribution in [3.8, 4) is 0 Å². The zero-order valence-electron chi connectivity index (χ0n) is 9.63. The van der Waals surface area contributed by atoms with Gasteiger partial charge in [-0.25, -0.2) is 4.79 Å². The van der Waals surface area contributed by atoms with Crippen molar-refractivity contribution in [1.29, 1.82) is 0 Å². The SMILES string of the molecule is O=C1OCC[C@@H](CCOCc2ccccc2)O1. The summed E-state index contributed by atoms with van der Waals surface area (Å²) >= 11 is 0. The fraction of sp³-hybridized carbons (Fsp3) is 0.462. The number of carbonyl (C=O) groups excluding carboxylic acids is 1. The molecule has 1 atom stereocenters. The lowest BCUT2D eigenvalue weighted by Crippen LogP contribution is -2.28. The largest absolute Gasteiger partial charge is 0.508 e. The van der Waals surface area contributed by atoms with Gasteiger partial charge in [-0.15, -0.1) is 0 Å². The fourth-order valence-corrected chi connectivity index (χ4v) is 1.69. The molecular formula is C13H16O4. The monoisotopic (exact) mass is 236 g/mol. The summed E-state index contributed by atoms with van der Waals surface area (Å²) in [6.45, 7) is 1.63. The van der Waals surface area contributed by atoms with E-state index in [2.05, 4.69) is 4.74 Å². The number of rotatable bonds is 5. The fourth-order valence-electron chi connectivity index (χ4n) is 1.69. The molecular weight excluding hydrogens is 220 g/mol. The number of benzene rings is 1. The minimum atomic E-state index is -0.565. The second-order valence-corrected chi connectivity index (χ2v) is 3.95. The first-order valence-corrected chi connectivity index (χ1v) is 5.79. The maximum atomic E-state index is 10.8. The molecule has 0 aliphatic carbocycles. The first kappa shape index (κ1) is 11.9. The van der Waals surface area contributed by atoms with E-state index in [9.17, 15) is 4.79 Å². The van der Waals surface area contributed by atoms with Crippen LogP contribution in [-0.4, -0.2) is 25.5 Å². The quantitative estimate of drug-likeness (QED) is 0.582. The van der Waals surface area contributed by atoms with E-state index in [4.69, 9.17) is 9.47 Å². The molecule has 1 aliphatic heterocycles. The zero-order chi connectivity index (χ0) is 11.9. The summed E-state index contributed by atoms with van der Waals surface area (Å²) in [4.78, 5) is 10.8. The molecule has 4 heteroatoms. The standard InChI is InChI=1S/C13H16O4/c14-13-16-9-7-12(17-13)6-8-15-10-11-4-2-1-3-5-11/h1-5,12H,6-10H2/t12-/m1/s1. The third-order valence-corrected chi connectivity index (χ3v) is 2.62. The van der Waals surface area contributed by atoms with Crippen LogP contribution in [-0.2, 0) is 20.8 Å². The van der Waals surface area contributed by atoms with Crippen LogP contribution in [0.15, 0.2) is 30.3 Å². The second kappa shape index (κ2) is 6.25. The molecule has 4 nitrogen and oxygen atoms in total. The van der Waals surface area contributed by atoms with Crippen molar-refractivity contribution in [2.24, 2.45) is 0 Å². The zero-order valence-corrected chi connectivity index (χ0v) is 9.63. The molecule has 17 heavy (non-hydrogen) atoms. The van der Waals surface area contributed by atoms with Gasteiger partial charge in [-0.2, -0.15) is 0 Å². The van der Waals surface area contributed by atoms with Crippen LogP contribution >= 0.6 is 0 Å². The highest BCUT2D eigenvalue weighted by atomic mass is 16.7. The summed E-state index contributed by atoms with van der Waals surface area (Å²) in [5, 5.41) is 0. The molecule has 1 saturated heterocycles. The molecule has 1 aromatic rings. The van der Waals surface area contributed by atoms with E-state index < -0.39 is 6.16 Å². The number of cyclic esters (lactones) is 2. The minimum Gasteiger partial charge on any atom is -0.434 e. The van der Waals surface area contributed by atoms with E-state index in [0.29, 0.717) is 19.8 Å². The predicted molar refractivity (Wildman–Crippen MR) is 61.6 cm³/mol. The lowest BCUT2D eigenvalue weighted by Gasteiger charge is -2.21. The van der Waals surface area contributed by atoms with Crippen molar-refractivity contribution in [3.63, 3.8) is 0 Å². The van der Waals surface area contributed by atoms with Gasteiger partial charge in [0.1, 0.15) is 6.10 Å². The molecule has 0 saturated carbocycles. The highest BCUT2D eigenvalue weighted by Gasteiger charge is 2.20. The van der Waals surface area contributed by atoms with Gasteiger partial charge in [0.15, 0.2) is 0 Å². The Balaban J connectivity index is 1.61. The van der Waals surface area contributed by atoms with Gasteiger partial charge >= 0.3 is 6.16 Å². The van der Waals surface area contributed by atoms with Crippen LogP contribution in [0.1, 0.15) is 18.4 Å². The molecule has 2 rings (SSSR count). The molecule has 0 amide bonds. The first-order chi connectivity index (χ1) is 8.34. The maximum Gasteiger partial charge on any atom is 0.508 e. The molecule has 0 aromatic heterocycles. The summed E-state index contributed by atoms with van der Waals surface area (Å²) in [7, 11) is 0. The second-order valence-electron chi connectivity index (χ2n) is 3.95. The Morgan fingerprint density at radius 1 is 1.29 bits per heavy atom. The van der Waals surface area contributed by atoms with E-state index in [-0.39, 0.29) is 6.10 Å². The van der Waals surface area contributed by atoms with Crippen LogP contribution in [0, 0.1) is 0 Å². The van der Waals surface area contributed by atoms with Crippen LogP contribution in [0.3, 0.4) is 0 Å². The van der Waals surface area contributed by atoms with E-state index in [1.165, 1.54) is 0 Å². The topological polar surface area (TPSA) is 44.8 Å². The summed E-state index contributed by atoms with van der Waals surface area (Å²) < 4.78 is 15.2. The van der Waals surface area contributed by atoms with E-state index in [0.717, 1.165) is 18.4 Å². The average Bonchev–Trinajstić information content (AvgIpc) is 2.36. The van der Waals surface area contributed by atoms with Gasteiger partial charge in [0.05, 0.1) is 19.8 Å². The third kappa shape index (κ3) is 4.07. The maximum absolute atomic E-state index is 10.8. The Bertz CT molecular complexity index is 350. The normalized spacial score (nSPS) is 19.5. The van der Waals surface area contributed by atoms with E-state index in [1.54, 1.807) is 0 Å². The number of hydrogen-bond donors (Lipinski definition) is 0. The van der Waals surface area contributed by atoms with Gasteiger partial charge < -0.3 is 14.2 Å². The average molecular weight is 236 g/mol. The molecule has 0 unspecified atom stereocenters. The van der Waals surface area contributed by atoms with Gasteiger partial charge in [0.25, 0.3) is 0 Å². The molecule has 1 heterocycles. The van der Waals surface area contributed by atoms with Crippen LogP contribution in [0.5, 0.6) is 0 Å². The van der Waals surface area contributed by atoms with Crippen molar-refractivity contribution in [1.82, 2.24) is 0 Å². The Labute approximate surface area is 100 Å². The molecule has 0 spiro atoms. The summed E-state index contributed by atoms with van der Waals surface area (Å²) in [5.41, 5.74) is 1.15.